The molecule has 0 fully saturated rings. The van der Waals surface area contributed by atoms with Crippen LogP contribution in [0.15, 0.2) is 12.3 Å². The maximum Gasteiger partial charge on any atom is 0.145 e. The lowest BCUT2D eigenvalue weighted by molar-refractivity contribution is 0.570. The van der Waals surface area contributed by atoms with E-state index in [1.165, 1.54) is 0 Å². The number of nitrogens with zero attached hydrogens (tertiary/aromatic N) is 1. The van der Waals surface area contributed by atoms with Crippen LogP contribution < -0.4 is 5.32 Å². The van der Waals surface area contributed by atoms with Crippen molar-refractivity contribution in [2.24, 2.45) is 5.92 Å². The molecule has 0 bridgehead atoms. The molecule has 0 aromatic carbocycles. The minimum Gasteiger partial charge on any atom is -0.366 e. The van der Waals surface area contributed by atoms with E-state index in [-0.39, 0.29) is 0 Å². The molecule has 1 aromatic rings. The van der Waals surface area contributed by atoms with Gasteiger partial charge in [-0.1, -0.05) is 46.1 Å². The summed E-state index contributed by atoms with van der Waals surface area (Å²) in [5.41, 5.74) is 0. The lowest BCUT2D eigenvalue weighted by Crippen LogP contribution is -2.25. The second kappa shape index (κ2) is 5.92. The van der Waals surface area contributed by atoms with Gasteiger partial charge in [-0.05, 0) is 18.9 Å². The maximum absolute atomic E-state index is 6.00. The number of nitrogens with one attached hydrogen (secondary N) is 1. The molecule has 0 aliphatic heterocycles. The molecular weight excluding hydrogens is 299 g/mol. The van der Waals surface area contributed by atoms with Crippen LogP contribution in [0, 0.1) is 5.92 Å². The number of hydrogen-bond acceptors (Lipinski definition) is 2. The van der Waals surface area contributed by atoms with Gasteiger partial charge in [0.2, 0.25) is 0 Å². The highest BCUT2D eigenvalue weighted by Gasteiger charge is 2.12. The molecule has 5 heteroatoms. The van der Waals surface area contributed by atoms with Gasteiger partial charge in [-0.25, -0.2) is 4.98 Å². The van der Waals surface area contributed by atoms with Crippen LogP contribution in [0.3, 0.4) is 0 Å². The first-order valence-electron chi connectivity index (χ1n) is 4.68. The first kappa shape index (κ1) is 13.1. The van der Waals surface area contributed by atoms with Gasteiger partial charge in [-0.3, -0.25) is 0 Å². The fourth-order valence-corrected chi connectivity index (χ4v) is 2.01. The summed E-state index contributed by atoms with van der Waals surface area (Å²) in [5.74, 6) is 1.18. The van der Waals surface area contributed by atoms with Crippen molar-refractivity contribution in [3.63, 3.8) is 0 Å². The Balaban J connectivity index is 2.72. The Kier molecular flexibility index (Phi) is 5.16. The molecule has 1 heterocycles. The van der Waals surface area contributed by atoms with Crippen LogP contribution in [0.2, 0.25) is 10.0 Å². The number of anilines is 1. The maximum atomic E-state index is 6.00. The third-order valence-corrected chi connectivity index (χ3v) is 3.79. The number of aromatic nitrogens is 1. The van der Waals surface area contributed by atoms with E-state index < -0.39 is 0 Å². The number of pyridine rings is 1. The van der Waals surface area contributed by atoms with E-state index >= 15 is 0 Å². The van der Waals surface area contributed by atoms with Crippen LogP contribution >= 0.6 is 39.1 Å². The highest BCUT2D eigenvalue weighted by atomic mass is 79.9. The summed E-state index contributed by atoms with van der Waals surface area (Å²) in [4.78, 5) is 4.14. The average molecular weight is 312 g/mol. The standard InChI is InChI=1S/C10H13BrCl2N2/c1-6(4-11)7(2)15-10-9(13)3-8(12)5-14-10/h3,5-7H,4H2,1-2H3,(H,14,15). The van der Waals surface area contributed by atoms with Crippen molar-refractivity contribution in [1.29, 1.82) is 0 Å². The topological polar surface area (TPSA) is 24.9 Å². The Bertz CT molecular complexity index is 333. The van der Waals surface area contributed by atoms with Gasteiger partial charge >= 0.3 is 0 Å². The van der Waals surface area contributed by atoms with Gasteiger partial charge < -0.3 is 5.32 Å². The van der Waals surface area contributed by atoms with Crippen molar-refractivity contribution < 1.29 is 0 Å². The molecule has 1 rings (SSSR count). The molecule has 1 N–H and O–H groups in total. The fraction of sp³-hybridized carbons (Fsp3) is 0.500. The van der Waals surface area contributed by atoms with Crippen molar-refractivity contribution in [1.82, 2.24) is 4.98 Å². The lowest BCUT2D eigenvalue weighted by atomic mass is 10.1. The lowest BCUT2D eigenvalue weighted by Gasteiger charge is -2.20. The van der Waals surface area contributed by atoms with Crippen LogP contribution in [0.1, 0.15) is 13.8 Å². The highest BCUT2D eigenvalue weighted by Crippen LogP contribution is 2.24. The predicted molar refractivity (Wildman–Crippen MR) is 70.3 cm³/mol. The molecule has 84 valence electrons. The van der Waals surface area contributed by atoms with Gasteiger partial charge in [-0.15, -0.1) is 0 Å². The Labute approximate surface area is 108 Å². The van der Waals surface area contributed by atoms with E-state index in [1.54, 1.807) is 12.3 Å². The van der Waals surface area contributed by atoms with Gasteiger partial charge in [-0.2, -0.15) is 0 Å². The van der Waals surface area contributed by atoms with Crippen LogP contribution in [0.4, 0.5) is 5.82 Å². The molecule has 2 nitrogen and oxygen atoms in total. The Morgan fingerprint density at radius 2 is 2.13 bits per heavy atom. The molecule has 15 heavy (non-hydrogen) atoms. The van der Waals surface area contributed by atoms with Gasteiger partial charge in [0.1, 0.15) is 5.82 Å². The van der Waals surface area contributed by atoms with Crippen LogP contribution in [0.25, 0.3) is 0 Å². The Morgan fingerprint density at radius 1 is 1.47 bits per heavy atom. The second-order valence-electron chi connectivity index (χ2n) is 3.55. The van der Waals surface area contributed by atoms with Gasteiger partial charge in [0.25, 0.3) is 0 Å². The van der Waals surface area contributed by atoms with Crippen molar-refractivity contribution in [2.45, 2.75) is 19.9 Å². The van der Waals surface area contributed by atoms with E-state index in [0.717, 1.165) is 5.33 Å². The van der Waals surface area contributed by atoms with E-state index in [2.05, 4.69) is 40.1 Å². The molecule has 0 aliphatic rings. The minimum absolute atomic E-state index is 0.301. The number of rotatable bonds is 4. The quantitative estimate of drug-likeness (QED) is 0.842. The van der Waals surface area contributed by atoms with E-state index in [4.69, 9.17) is 23.2 Å². The third-order valence-electron chi connectivity index (χ3n) is 2.27. The van der Waals surface area contributed by atoms with Crippen molar-refractivity contribution >= 4 is 44.9 Å². The zero-order valence-corrected chi connectivity index (χ0v) is 11.7. The molecule has 0 spiro atoms. The summed E-state index contributed by atoms with van der Waals surface area (Å²) >= 11 is 15.2. The SMILES string of the molecule is CC(CBr)C(C)Nc1ncc(Cl)cc1Cl. The van der Waals surface area contributed by atoms with Gasteiger partial charge in [0.05, 0.1) is 10.0 Å². The molecule has 2 unspecified atom stereocenters. The summed E-state index contributed by atoms with van der Waals surface area (Å²) in [7, 11) is 0. The van der Waals surface area contributed by atoms with E-state index in [9.17, 15) is 0 Å². The van der Waals surface area contributed by atoms with E-state index in [0.29, 0.717) is 27.8 Å². The molecule has 0 amide bonds. The number of halogens is 3. The molecular formula is C10H13BrCl2N2. The molecule has 0 saturated carbocycles. The average Bonchev–Trinajstić information content (AvgIpc) is 2.20. The van der Waals surface area contributed by atoms with Crippen LogP contribution in [-0.2, 0) is 0 Å². The zero-order chi connectivity index (χ0) is 11.4. The van der Waals surface area contributed by atoms with Crippen LogP contribution in [-0.4, -0.2) is 16.4 Å². The molecule has 2 atom stereocenters. The Morgan fingerprint density at radius 3 is 2.67 bits per heavy atom. The van der Waals surface area contributed by atoms with Crippen molar-refractivity contribution in [2.75, 3.05) is 10.6 Å². The third kappa shape index (κ3) is 3.82. The number of alkyl halides is 1. The molecule has 0 aliphatic carbocycles. The second-order valence-corrected chi connectivity index (χ2v) is 5.04. The molecule has 1 aromatic heterocycles. The number of hydrogen-bond donors (Lipinski definition) is 1. The summed E-state index contributed by atoms with van der Waals surface area (Å²) in [6.07, 6.45) is 1.58. The van der Waals surface area contributed by atoms with Crippen molar-refractivity contribution in [3.8, 4) is 0 Å². The molecule has 0 saturated heterocycles. The van der Waals surface area contributed by atoms with Crippen molar-refractivity contribution in [3.05, 3.63) is 22.3 Å². The largest absolute Gasteiger partial charge is 0.366 e. The first-order chi connectivity index (χ1) is 7.04. The molecule has 0 radical (unpaired) electrons. The first-order valence-corrected chi connectivity index (χ1v) is 6.56. The normalized spacial score (nSPS) is 14.7. The summed E-state index contributed by atoms with van der Waals surface area (Å²) < 4.78 is 0. The summed E-state index contributed by atoms with van der Waals surface area (Å²) in [6.45, 7) is 4.24. The predicted octanol–water partition coefficient (Wildman–Crippen LogP) is 4.22. The summed E-state index contributed by atoms with van der Waals surface area (Å²) in [6, 6.07) is 1.99. The monoisotopic (exact) mass is 310 g/mol. The fourth-order valence-electron chi connectivity index (χ4n) is 1.01. The summed E-state index contributed by atoms with van der Waals surface area (Å²) in [5, 5.41) is 5.29. The van der Waals surface area contributed by atoms with Gasteiger partial charge in [0.15, 0.2) is 0 Å². The Hall–Kier alpha value is 0.01000. The minimum atomic E-state index is 0.301. The van der Waals surface area contributed by atoms with Gasteiger partial charge in [0, 0.05) is 17.6 Å². The smallest absolute Gasteiger partial charge is 0.145 e. The van der Waals surface area contributed by atoms with E-state index in [1.807, 2.05) is 0 Å². The van der Waals surface area contributed by atoms with Crippen LogP contribution in [0.5, 0.6) is 0 Å². The highest BCUT2D eigenvalue weighted by molar-refractivity contribution is 9.09. The zero-order valence-electron chi connectivity index (χ0n) is 8.60.